The van der Waals surface area contributed by atoms with Crippen molar-refractivity contribution in [2.75, 3.05) is 27.8 Å². The Morgan fingerprint density at radius 3 is 2.00 bits per heavy atom. The van der Waals surface area contributed by atoms with E-state index in [1.54, 1.807) is 44.7 Å². The molecular formula is C42H69N5O8. The highest BCUT2D eigenvalue weighted by Crippen LogP contribution is 2.39. The van der Waals surface area contributed by atoms with Crippen LogP contribution in [0, 0.1) is 23.2 Å². The summed E-state index contributed by atoms with van der Waals surface area (Å²) < 4.78 is 12.0. The van der Waals surface area contributed by atoms with E-state index in [2.05, 4.69) is 10.6 Å². The first-order valence-electron chi connectivity index (χ1n) is 19.9. The number of methoxy groups -OCH3 is 2. The van der Waals surface area contributed by atoms with Gasteiger partial charge in [-0.25, -0.2) is 4.79 Å². The quantitative estimate of drug-likeness (QED) is 0.169. The molecule has 1 aromatic carbocycles. The van der Waals surface area contributed by atoms with E-state index in [1.165, 1.54) is 7.11 Å². The van der Waals surface area contributed by atoms with Gasteiger partial charge in [0.25, 0.3) is 0 Å². The summed E-state index contributed by atoms with van der Waals surface area (Å²) in [6, 6.07) is 6.46. The smallest absolute Gasteiger partial charge is 0.326 e. The second-order valence-electron chi connectivity index (χ2n) is 17.7. The van der Waals surface area contributed by atoms with E-state index in [-0.39, 0.29) is 30.1 Å². The number of ether oxygens (including phenoxy) is 2. The van der Waals surface area contributed by atoms with Gasteiger partial charge in [-0.1, -0.05) is 84.7 Å². The lowest BCUT2D eigenvalue weighted by atomic mass is 9.72. The minimum atomic E-state index is -1.20. The fourth-order valence-corrected chi connectivity index (χ4v) is 8.72. The average molecular weight is 772 g/mol. The average Bonchev–Trinajstić information content (AvgIpc) is 3.82. The zero-order valence-electron chi connectivity index (χ0n) is 35.1. The molecule has 0 aromatic heterocycles. The van der Waals surface area contributed by atoms with E-state index in [9.17, 15) is 29.1 Å². The van der Waals surface area contributed by atoms with Crippen molar-refractivity contribution in [3.8, 4) is 0 Å². The molecule has 8 atom stereocenters. The molecule has 0 radical (unpaired) electrons. The van der Waals surface area contributed by atoms with Crippen molar-refractivity contribution in [2.45, 2.75) is 148 Å². The minimum absolute atomic E-state index is 0.00274. The summed E-state index contributed by atoms with van der Waals surface area (Å²) in [5.41, 5.74) is 5.20. The largest absolute Gasteiger partial charge is 0.480 e. The number of carbonyl (C=O) groups is 5. The highest BCUT2D eigenvalue weighted by molar-refractivity contribution is 5.92. The topological polar surface area (TPSA) is 181 Å². The number of rotatable bonds is 18. The van der Waals surface area contributed by atoms with Crippen LogP contribution in [0.4, 0.5) is 0 Å². The fraction of sp³-hybridized carbons (Fsp3) is 0.738. The molecule has 2 fully saturated rings. The summed E-state index contributed by atoms with van der Waals surface area (Å²) in [6.07, 6.45) is 3.76. The molecule has 310 valence electrons. The number of nitrogens with zero attached hydrogens (tertiary/aromatic N) is 2. The lowest BCUT2D eigenvalue weighted by molar-refractivity contribution is -0.148. The molecule has 2 unspecified atom stereocenters. The van der Waals surface area contributed by atoms with Gasteiger partial charge in [-0.05, 0) is 62.3 Å². The van der Waals surface area contributed by atoms with Crippen molar-refractivity contribution < 1.29 is 38.6 Å². The van der Waals surface area contributed by atoms with Gasteiger partial charge in [0.15, 0.2) is 0 Å². The van der Waals surface area contributed by atoms with E-state index < -0.39 is 76.9 Å². The second kappa shape index (κ2) is 19.5. The van der Waals surface area contributed by atoms with E-state index in [0.717, 1.165) is 31.2 Å². The van der Waals surface area contributed by atoms with Crippen LogP contribution >= 0.6 is 0 Å². The first kappa shape index (κ1) is 45.8. The summed E-state index contributed by atoms with van der Waals surface area (Å²) >= 11 is 0. The number of hydrogen-bond donors (Lipinski definition) is 4. The molecule has 55 heavy (non-hydrogen) atoms. The van der Waals surface area contributed by atoms with Crippen LogP contribution in [0.2, 0.25) is 0 Å². The minimum Gasteiger partial charge on any atom is -0.480 e. The molecule has 3 rings (SSSR count). The van der Waals surface area contributed by atoms with Crippen LogP contribution in [0.15, 0.2) is 30.3 Å². The molecule has 1 saturated carbocycles. The third-order valence-corrected chi connectivity index (χ3v) is 11.7. The van der Waals surface area contributed by atoms with E-state index in [0.29, 0.717) is 19.4 Å². The van der Waals surface area contributed by atoms with Crippen LogP contribution in [-0.2, 0) is 33.4 Å². The van der Waals surface area contributed by atoms with Crippen molar-refractivity contribution in [1.29, 1.82) is 0 Å². The van der Waals surface area contributed by atoms with E-state index in [4.69, 9.17) is 15.2 Å². The molecule has 0 bridgehead atoms. The number of carbonyl (C=O) groups excluding carboxylic acids is 4. The predicted molar refractivity (Wildman–Crippen MR) is 212 cm³/mol. The molecule has 13 nitrogen and oxygen atoms in total. The number of likely N-dealkylation sites (tertiary alicyclic amines) is 1. The van der Waals surface area contributed by atoms with Gasteiger partial charge < -0.3 is 40.7 Å². The Bertz CT molecular complexity index is 1450. The van der Waals surface area contributed by atoms with Crippen molar-refractivity contribution in [1.82, 2.24) is 20.4 Å². The first-order chi connectivity index (χ1) is 25.6. The normalized spacial score (nSPS) is 20.6. The third-order valence-electron chi connectivity index (χ3n) is 11.7. The Kier molecular flexibility index (Phi) is 16.3. The highest BCUT2D eigenvalue weighted by Gasteiger charge is 2.46. The van der Waals surface area contributed by atoms with Crippen LogP contribution in [0.3, 0.4) is 0 Å². The number of aliphatic carboxylic acids is 1. The summed E-state index contributed by atoms with van der Waals surface area (Å²) in [5, 5.41) is 16.1. The number of carboxylic acid groups (broad SMARTS) is 1. The fourth-order valence-electron chi connectivity index (χ4n) is 8.72. The van der Waals surface area contributed by atoms with Crippen molar-refractivity contribution in [3.63, 3.8) is 0 Å². The van der Waals surface area contributed by atoms with Crippen LogP contribution in [0.25, 0.3) is 0 Å². The Morgan fingerprint density at radius 2 is 1.51 bits per heavy atom. The Balaban J connectivity index is 1.84. The molecule has 2 aliphatic rings. The lowest BCUT2D eigenvalue weighted by Crippen LogP contribution is -2.60. The van der Waals surface area contributed by atoms with Crippen LogP contribution in [-0.4, -0.2) is 114 Å². The Morgan fingerprint density at radius 1 is 0.909 bits per heavy atom. The van der Waals surface area contributed by atoms with Gasteiger partial charge >= 0.3 is 5.97 Å². The number of hydrogen-bond acceptors (Lipinski definition) is 8. The van der Waals surface area contributed by atoms with E-state index >= 15 is 0 Å². The van der Waals surface area contributed by atoms with Crippen LogP contribution < -0.4 is 16.4 Å². The molecule has 5 N–H and O–H groups in total. The van der Waals surface area contributed by atoms with Crippen molar-refractivity contribution in [3.05, 3.63) is 35.9 Å². The molecule has 13 heteroatoms. The SMILES string of the molecule is CO[C@H]([C@@H](C)C(=O)NC(C(=O)O)C(c1ccccc1)C(C)(C)C)[C@@H]1CCCN1C(=O)C[C@@H](OC)[C@H](C1CCCC1)N(C)C(=O)[C@@H](NC(=O)C(C)(C)N)C(C)C. The van der Waals surface area contributed by atoms with Gasteiger partial charge in [-0.3, -0.25) is 19.2 Å². The van der Waals surface area contributed by atoms with Gasteiger partial charge in [-0.2, -0.15) is 0 Å². The maximum Gasteiger partial charge on any atom is 0.326 e. The van der Waals surface area contributed by atoms with Crippen LogP contribution in [0.5, 0.6) is 0 Å². The molecule has 1 aliphatic heterocycles. The molecule has 1 aromatic rings. The molecule has 0 spiro atoms. The first-order valence-corrected chi connectivity index (χ1v) is 19.9. The van der Waals surface area contributed by atoms with Gasteiger partial charge in [0.05, 0.1) is 42.2 Å². The maximum absolute atomic E-state index is 14.3. The van der Waals surface area contributed by atoms with Crippen molar-refractivity contribution >= 4 is 29.6 Å². The Labute approximate surface area is 328 Å². The highest BCUT2D eigenvalue weighted by atomic mass is 16.5. The molecule has 1 heterocycles. The van der Waals surface area contributed by atoms with Crippen LogP contribution in [0.1, 0.15) is 112 Å². The third kappa shape index (κ3) is 11.5. The number of likely N-dealkylation sites (N-methyl/N-ethyl adjacent to an activating group) is 1. The number of carboxylic acids is 1. The number of nitrogens with one attached hydrogen (secondary N) is 2. The van der Waals surface area contributed by atoms with Gasteiger partial charge in [0.1, 0.15) is 12.1 Å². The zero-order valence-corrected chi connectivity index (χ0v) is 35.1. The summed E-state index contributed by atoms with van der Waals surface area (Å²) in [4.78, 5) is 71.4. The van der Waals surface area contributed by atoms with Gasteiger partial charge in [0.2, 0.25) is 23.6 Å². The summed E-state index contributed by atoms with van der Waals surface area (Å²) in [5.74, 6) is -3.88. The zero-order chi connectivity index (χ0) is 41.4. The molecule has 1 aliphatic carbocycles. The standard InChI is InChI=1S/C42H69N5O8/c1-25(2)33(45-40(53)42(7,8)43)38(50)46(9)35(28-20-15-16-21-28)30(54-10)24-31(48)47-23-17-22-29(47)36(55-11)26(3)37(49)44-34(39(51)52)32(41(4,5)6)27-18-13-12-14-19-27/h12-14,18-19,25-26,28-30,32-36H,15-17,20-24,43H2,1-11H3,(H,44,49)(H,45,53)(H,51,52)/t26-,29+,30-,32?,33+,34?,35+,36-/m1/s1. The van der Waals surface area contributed by atoms with Crippen molar-refractivity contribution in [2.24, 2.45) is 28.9 Å². The number of nitrogens with two attached hydrogens (primary N) is 1. The number of benzene rings is 1. The summed E-state index contributed by atoms with van der Waals surface area (Å²) in [6.45, 7) is 15.0. The number of amides is 4. The maximum atomic E-state index is 14.3. The van der Waals surface area contributed by atoms with Gasteiger partial charge in [0, 0.05) is 33.7 Å². The van der Waals surface area contributed by atoms with E-state index in [1.807, 2.05) is 65.0 Å². The monoisotopic (exact) mass is 772 g/mol. The summed E-state index contributed by atoms with van der Waals surface area (Å²) in [7, 11) is 4.79. The Hall–Kier alpha value is -3.55. The lowest BCUT2D eigenvalue weighted by Gasteiger charge is -2.41. The van der Waals surface area contributed by atoms with Gasteiger partial charge in [-0.15, -0.1) is 0 Å². The molecule has 4 amide bonds. The molecule has 1 saturated heterocycles. The molecular weight excluding hydrogens is 702 g/mol. The second-order valence-corrected chi connectivity index (χ2v) is 17.7. The predicted octanol–water partition coefficient (Wildman–Crippen LogP) is 4.33.